The highest BCUT2D eigenvalue weighted by atomic mass is 35.5. The standard InChI is InChI=1S/C10H8Cl2O/c1-2-9(13)10(11,12)8-6-4-3-5-7-8/h2-7H,1H2. The van der Waals surface area contributed by atoms with Crippen LogP contribution < -0.4 is 0 Å². The molecule has 1 rings (SSSR count). The van der Waals surface area contributed by atoms with Crippen LogP contribution in [-0.2, 0) is 9.13 Å². The third-order valence-corrected chi connectivity index (χ3v) is 2.44. The average molecular weight is 215 g/mol. The molecule has 1 nitrogen and oxygen atoms in total. The molecule has 68 valence electrons. The molecule has 0 aliphatic heterocycles. The second kappa shape index (κ2) is 3.95. The van der Waals surface area contributed by atoms with Gasteiger partial charge in [-0.05, 0) is 11.6 Å². The molecule has 0 amide bonds. The van der Waals surface area contributed by atoms with Crippen LogP contribution in [0, 0.1) is 0 Å². The van der Waals surface area contributed by atoms with Gasteiger partial charge in [0.15, 0.2) is 5.78 Å². The average Bonchev–Trinajstić information content (AvgIpc) is 2.18. The third-order valence-electron chi connectivity index (χ3n) is 1.63. The topological polar surface area (TPSA) is 17.1 Å². The van der Waals surface area contributed by atoms with Gasteiger partial charge in [-0.15, -0.1) is 0 Å². The van der Waals surface area contributed by atoms with E-state index in [0.717, 1.165) is 6.08 Å². The first-order valence-electron chi connectivity index (χ1n) is 3.69. The molecule has 0 spiro atoms. The molecule has 0 bridgehead atoms. The molecule has 13 heavy (non-hydrogen) atoms. The van der Waals surface area contributed by atoms with Crippen molar-refractivity contribution < 1.29 is 4.79 Å². The zero-order valence-electron chi connectivity index (χ0n) is 6.84. The number of ketones is 1. The van der Waals surface area contributed by atoms with E-state index in [9.17, 15) is 4.79 Å². The largest absolute Gasteiger partial charge is 0.291 e. The van der Waals surface area contributed by atoms with E-state index < -0.39 is 10.1 Å². The van der Waals surface area contributed by atoms with Gasteiger partial charge in [-0.25, -0.2) is 0 Å². The van der Waals surface area contributed by atoms with Crippen molar-refractivity contribution in [2.45, 2.75) is 4.33 Å². The summed E-state index contributed by atoms with van der Waals surface area (Å²) in [6.07, 6.45) is 1.12. The van der Waals surface area contributed by atoms with Gasteiger partial charge in [0.25, 0.3) is 0 Å². The zero-order valence-corrected chi connectivity index (χ0v) is 8.35. The van der Waals surface area contributed by atoms with Crippen LogP contribution in [0.4, 0.5) is 0 Å². The van der Waals surface area contributed by atoms with E-state index in [0.29, 0.717) is 5.56 Å². The first kappa shape index (κ1) is 10.3. The molecule has 0 heterocycles. The Morgan fingerprint density at radius 2 is 1.85 bits per heavy atom. The van der Waals surface area contributed by atoms with Crippen molar-refractivity contribution in [1.82, 2.24) is 0 Å². The van der Waals surface area contributed by atoms with Gasteiger partial charge in [0.1, 0.15) is 0 Å². The van der Waals surface area contributed by atoms with Crippen molar-refractivity contribution in [3.63, 3.8) is 0 Å². The lowest BCUT2D eigenvalue weighted by Gasteiger charge is -2.15. The minimum absolute atomic E-state index is 0.415. The predicted molar refractivity (Wildman–Crippen MR) is 55.0 cm³/mol. The molecule has 0 unspecified atom stereocenters. The number of rotatable bonds is 3. The predicted octanol–water partition coefficient (Wildman–Crippen LogP) is 3.07. The van der Waals surface area contributed by atoms with E-state index in [1.54, 1.807) is 24.3 Å². The summed E-state index contributed by atoms with van der Waals surface area (Å²) in [7, 11) is 0. The van der Waals surface area contributed by atoms with Gasteiger partial charge in [0.2, 0.25) is 4.33 Å². The van der Waals surface area contributed by atoms with Gasteiger partial charge < -0.3 is 0 Å². The molecule has 0 radical (unpaired) electrons. The molecule has 0 atom stereocenters. The summed E-state index contributed by atoms with van der Waals surface area (Å²) in [5, 5.41) is 0. The highest BCUT2D eigenvalue weighted by molar-refractivity contribution is 6.58. The number of alkyl halides is 2. The number of benzene rings is 1. The smallest absolute Gasteiger partial charge is 0.204 e. The van der Waals surface area contributed by atoms with Gasteiger partial charge in [-0.1, -0.05) is 60.1 Å². The molecule has 0 saturated carbocycles. The molecule has 3 heteroatoms. The number of carbonyl (C=O) groups is 1. The Morgan fingerprint density at radius 3 is 2.31 bits per heavy atom. The maximum atomic E-state index is 11.3. The van der Waals surface area contributed by atoms with Gasteiger partial charge in [-0.2, -0.15) is 0 Å². The number of hydrogen-bond donors (Lipinski definition) is 0. The fourth-order valence-electron chi connectivity index (χ4n) is 0.918. The summed E-state index contributed by atoms with van der Waals surface area (Å²) in [6.45, 7) is 3.33. The van der Waals surface area contributed by atoms with Gasteiger partial charge in [0.05, 0.1) is 0 Å². The van der Waals surface area contributed by atoms with E-state index >= 15 is 0 Å². The Hall–Kier alpha value is -0.790. The molecule has 0 fully saturated rings. The summed E-state index contributed by atoms with van der Waals surface area (Å²) in [6, 6.07) is 8.75. The fourth-order valence-corrected chi connectivity index (χ4v) is 1.32. The van der Waals surface area contributed by atoms with Crippen LogP contribution in [0.15, 0.2) is 43.0 Å². The van der Waals surface area contributed by atoms with Gasteiger partial charge in [-0.3, -0.25) is 4.79 Å². The Bertz CT molecular complexity index is 317. The second-order valence-corrected chi connectivity index (χ2v) is 3.84. The van der Waals surface area contributed by atoms with Crippen molar-refractivity contribution in [1.29, 1.82) is 0 Å². The monoisotopic (exact) mass is 214 g/mol. The van der Waals surface area contributed by atoms with E-state index in [2.05, 4.69) is 6.58 Å². The van der Waals surface area contributed by atoms with Gasteiger partial charge >= 0.3 is 0 Å². The Balaban J connectivity index is 3.07. The molecule has 0 saturated heterocycles. The summed E-state index contributed by atoms with van der Waals surface area (Å²) >= 11 is 11.7. The minimum Gasteiger partial charge on any atom is -0.291 e. The zero-order chi connectivity index (χ0) is 9.90. The summed E-state index contributed by atoms with van der Waals surface area (Å²) in [4.78, 5) is 11.3. The minimum atomic E-state index is -1.51. The van der Waals surface area contributed by atoms with E-state index in [-0.39, 0.29) is 0 Å². The van der Waals surface area contributed by atoms with Crippen LogP contribution in [0.5, 0.6) is 0 Å². The van der Waals surface area contributed by atoms with Crippen LogP contribution in [0.25, 0.3) is 0 Å². The lowest BCUT2D eigenvalue weighted by Crippen LogP contribution is -2.20. The quantitative estimate of drug-likeness (QED) is 0.559. The van der Waals surface area contributed by atoms with E-state index in [4.69, 9.17) is 23.2 Å². The van der Waals surface area contributed by atoms with Gasteiger partial charge in [0, 0.05) is 0 Å². The first-order valence-corrected chi connectivity index (χ1v) is 4.45. The molecule has 1 aromatic carbocycles. The normalized spacial score (nSPS) is 10.9. The first-order chi connectivity index (χ1) is 6.09. The van der Waals surface area contributed by atoms with Crippen LogP contribution in [0.2, 0.25) is 0 Å². The molecule has 1 aromatic rings. The SMILES string of the molecule is C=CC(=O)C(Cl)(Cl)c1ccccc1. The Morgan fingerprint density at radius 1 is 1.31 bits per heavy atom. The fraction of sp³-hybridized carbons (Fsp3) is 0.100. The Kier molecular flexibility index (Phi) is 3.12. The second-order valence-electron chi connectivity index (χ2n) is 2.51. The van der Waals surface area contributed by atoms with Crippen molar-refractivity contribution >= 4 is 29.0 Å². The Labute approximate surface area is 87.0 Å². The van der Waals surface area contributed by atoms with Crippen LogP contribution in [-0.4, -0.2) is 5.78 Å². The van der Waals surface area contributed by atoms with Crippen LogP contribution in [0.1, 0.15) is 5.56 Å². The molecule has 0 aromatic heterocycles. The lowest BCUT2D eigenvalue weighted by atomic mass is 10.1. The molecule has 0 aliphatic rings. The molecule has 0 aliphatic carbocycles. The summed E-state index contributed by atoms with van der Waals surface area (Å²) in [5.41, 5.74) is 0.559. The maximum Gasteiger partial charge on any atom is 0.204 e. The van der Waals surface area contributed by atoms with Crippen molar-refractivity contribution in [2.75, 3.05) is 0 Å². The molecular formula is C10H8Cl2O. The third kappa shape index (κ3) is 2.11. The lowest BCUT2D eigenvalue weighted by molar-refractivity contribution is -0.115. The summed E-state index contributed by atoms with van der Waals surface area (Å²) < 4.78 is -1.51. The maximum absolute atomic E-state index is 11.3. The van der Waals surface area contributed by atoms with Crippen LogP contribution in [0.3, 0.4) is 0 Å². The van der Waals surface area contributed by atoms with E-state index in [1.165, 1.54) is 0 Å². The number of halogens is 2. The highest BCUT2D eigenvalue weighted by Gasteiger charge is 2.32. The number of carbonyl (C=O) groups excluding carboxylic acids is 1. The number of hydrogen-bond acceptors (Lipinski definition) is 1. The van der Waals surface area contributed by atoms with E-state index in [1.807, 2.05) is 6.07 Å². The molecular weight excluding hydrogens is 207 g/mol. The summed E-state index contributed by atoms with van der Waals surface area (Å²) in [5.74, 6) is -0.415. The number of allylic oxidation sites excluding steroid dienone is 1. The van der Waals surface area contributed by atoms with Crippen molar-refractivity contribution in [3.05, 3.63) is 48.6 Å². The highest BCUT2D eigenvalue weighted by Crippen LogP contribution is 2.34. The van der Waals surface area contributed by atoms with Crippen LogP contribution >= 0.6 is 23.2 Å². The van der Waals surface area contributed by atoms with Crippen molar-refractivity contribution in [2.24, 2.45) is 0 Å². The molecule has 0 N–H and O–H groups in total. The van der Waals surface area contributed by atoms with Crippen molar-refractivity contribution in [3.8, 4) is 0 Å².